The highest BCUT2D eigenvalue weighted by Gasteiger charge is 2.24. The molecule has 0 N–H and O–H groups in total. The van der Waals surface area contributed by atoms with Crippen molar-refractivity contribution in [2.24, 2.45) is 7.05 Å². The molecule has 0 atom stereocenters. The van der Waals surface area contributed by atoms with Gasteiger partial charge in [-0.2, -0.15) is 9.40 Å². The Hall–Kier alpha value is -1.18. The molecule has 0 amide bonds. The maximum absolute atomic E-state index is 12.5. The molecule has 0 aliphatic carbocycles. The zero-order chi connectivity index (χ0) is 14.0. The van der Waals surface area contributed by atoms with Crippen LogP contribution in [0.1, 0.15) is 17.4 Å². The van der Waals surface area contributed by atoms with E-state index in [2.05, 4.69) is 5.10 Å². The van der Waals surface area contributed by atoms with Crippen LogP contribution in [0, 0.1) is 6.92 Å². The molecule has 2 rings (SSSR count). The van der Waals surface area contributed by atoms with E-state index in [1.165, 1.54) is 15.6 Å². The van der Waals surface area contributed by atoms with Gasteiger partial charge in [-0.25, -0.2) is 8.42 Å². The number of aryl methyl sites for hydroxylation is 2. The molecule has 2 aromatic heterocycles. The van der Waals surface area contributed by atoms with Crippen molar-refractivity contribution in [1.82, 2.24) is 14.1 Å². The summed E-state index contributed by atoms with van der Waals surface area (Å²) < 4.78 is 28.5. The molecule has 2 heterocycles. The predicted octanol–water partition coefficient (Wildman–Crippen LogP) is 2.00. The quantitative estimate of drug-likeness (QED) is 0.848. The Bertz CT molecular complexity index is 658. The molecule has 0 aliphatic rings. The lowest BCUT2D eigenvalue weighted by Crippen LogP contribution is -2.29. The lowest BCUT2D eigenvalue weighted by molar-refractivity contribution is 0.424. The van der Waals surface area contributed by atoms with Crippen molar-refractivity contribution in [1.29, 1.82) is 0 Å². The first-order valence-electron chi connectivity index (χ1n) is 5.97. The zero-order valence-corrected chi connectivity index (χ0v) is 12.8. The van der Waals surface area contributed by atoms with Crippen LogP contribution in [0.25, 0.3) is 0 Å². The van der Waals surface area contributed by atoms with Crippen molar-refractivity contribution in [3.63, 3.8) is 0 Å². The summed E-state index contributed by atoms with van der Waals surface area (Å²) in [7, 11) is -1.59. The van der Waals surface area contributed by atoms with E-state index in [9.17, 15) is 8.42 Å². The molecule has 0 aliphatic heterocycles. The highest BCUT2D eigenvalue weighted by molar-refractivity contribution is 7.91. The average Bonchev–Trinajstić information content (AvgIpc) is 2.95. The normalized spacial score (nSPS) is 12.2. The van der Waals surface area contributed by atoms with Crippen molar-refractivity contribution in [2.75, 3.05) is 6.54 Å². The van der Waals surface area contributed by atoms with Crippen molar-refractivity contribution < 1.29 is 8.42 Å². The largest absolute Gasteiger partial charge is 0.275 e. The van der Waals surface area contributed by atoms with Crippen molar-refractivity contribution in [2.45, 2.75) is 24.6 Å². The third kappa shape index (κ3) is 3.05. The summed E-state index contributed by atoms with van der Waals surface area (Å²) in [6.45, 7) is 4.53. The number of hydrogen-bond donors (Lipinski definition) is 0. The average molecular weight is 299 g/mol. The minimum Gasteiger partial charge on any atom is -0.275 e. The second kappa shape index (κ2) is 5.44. The van der Waals surface area contributed by atoms with Crippen LogP contribution in [0.5, 0.6) is 0 Å². The molecule has 7 heteroatoms. The zero-order valence-electron chi connectivity index (χ0n) is 11.2. The summed E-state index contributed by atoms with van der Waals surface area (Å²) in [5.41, 5.74) is 0.890. The number of nitrogens with zero attached hydrogens (tertiary/aromatic N) is 3. The number of sulfonamides is 1. The summed E-state index contributed by atoms with van der Waals surface area (Å²) in [6.07, 6.45) is 3.52. The number of hydrogen-bond acceptors (Lipinski definition) is 4. The Balaban J connectivity index is 2.26. The summed E-state index contributed by atoms with van der Waals surface area (Å²) >= 11 is 1.30. The van der Waals surface area contributed by atoms with E-state index in [0.717, 1.165) is 10.4 Å². The smallest absolute Gasteiger partial charge is 0.252 e. The Kier molecular flexibility index (Phi) is 4.07. The lowest BCUT2D eigenvalue weighted by atomic mass is 10.3. The van der Waals surface area contributed by atoms with E-state index in [1.54, 1.807) is 16.9 Å². The summed E-state index contributed by atoms with van der Waals surface area (Å²) in [5.74, 6) is 0. The van der Waals surface area contributed by atoms with Gasteiger partial charge in [-0.1, -0.05) is 6.92 Å². The fourth-order valence-corrected chi connectivity index (χ4v) is 4.68. The number of thiophene rings is 1. The van der Waals surface area contributed by atoms with Crippen LogP contribution in [0.2, 0.25) is 0 Å². The van der Waals surface area contributed by atoms with Crippen LogP contribution < -0.4 is 0 Å². The maximum atomic E-state index is 12.5. The fraction of sp³-hybridized carbons (Fsp3) is 0.417. The van der Waals surface area contributed by atoms with Crippen LogP contribution >= 0.6 is 11.3 Å². The number of rotatable bonds is 5. The highest BCUT2D eigenvalue weighted by Crippen LogP contribution is 2.25. The molecule has 0 unspecified atom stereocenters. The van der Waals surface area contributed by atoms with Crippen molar-refractivity contribution in [3.8, 4) is 0 Å². The topological polar surface area (TPSA) is 55.2 Å². The first-order chi connectivity index (χ1) is 8.93. The molecule has 0 fully saturated rings. The Labute approximate surface area is 117 Å². The fourth-order valence-electron chi connectivity index (χ4n) is 1.80. The van der Waals surface area contributed by atoms with Crippen LogP contribution in [-0.2, 0) is 23.6 Å². The molecule has 0 saturated heterocycles. The monoisotopic (exact) mass is 299 g/mol. The molecule has 5 nitrogen and oxygen atoms in total. The predicted molar refractivity (Wildman–Crippen MR) is 75.5 cm³/mol. The van der Waals surface area contributed by atoms with Crippen LogP contribution in [-0.4, -0.2) is 29.0 Å². The molecule has 0 saturated carbocycles. The Morgan fingerprint density at radius 3 is 2.63 bits per heavy atom. The molecule has 19 heavy (non-hydrogen) atoms. The SMILES string of the molecule is CCN(Cc1cnn(C)c1)S(=O)(=O)c1ccc(C)s1. The highest BCUT2D eigenvalue weighted by atomic mass is 32.2. The maximum Gasteiger partial charge on any atom is 0.252 e. The van der Waals surface area contributed by atoms with Gasteiger partial charge >= 0.3 is 0 Å². The summed E-state index contributed by atoms with van der Waals surface area (Å²) in [6, 6.07) is 3.50. The van der Waals surface area contributed by atoms with Crippen molar-refractivity contribution >= 4 is 21.4 Å². The molecular formula is C12H17N3O2S2. The Morgan fingerprint density at radius 1 is 1.42 bits per heavy atom. The van der Waals surface area contributed by atoms with Gasteiger partial charge < -0.3 is 0 Å². The van der Waals surface area contributed by atoms with Crippen LogP contribution in [0.3, 0.4) is 0 Å². The van der Waals surface area contributed by atoms with Gasteiger partial charge in [-0.3, -0.25) is 4.68 Å². The van der Waals surface area contributed by atoms with E-state index >= 15 is 0 Å². The molecule has 0 radical (unpaired) electrons. The van der Waals surface area contributed by atoms with Gasteiger partial charge in [0.1, 0.15) is 4.21 Å². The van der Waals surface area contributed by atoms with E-state index in [4.69, 9.17) is 0 Å². The van der Waals surface area contributed by atoms with Gasteiger partial charge in [0.25, 0.3) is 10.0 Å². The van der Waals surface area contributed by atoms with Crippen molar-refractivity contribution in [3.05, 3.63) is 35.0 Å². The molecule has 2 aromatic rings. The van der Waals surface area contributed by atoms with Gasteiger partial charge in [0.15, 0.2) is 0 Å². The third-order valence-corrected chi connectivity index (χ3v) is 6.17. The minimum absolute atomic E-state index is 0.351. The van der Waals surface area contributed by atoms with E-state index in [1.807, 2.05) is 33.2 Å². The Morgan fingerprint density at radius 2 is 2.16 bits per heavy atom. The minimum atomic E-state index is -3.40. The standard InChI is InChI=1S/C12H17N3O2S2/c1-4-15(9-11-7-13-14(3)8-11)19(16,17)12-6-5-10(2)18-12/h5-8H,4,9H2,1-3H3. The van der Waals surface area contributed by atoms with Crippen LogP contribution in [0.15, 0.2) is 28.7 Å². The molecular weight excluding hydrogens is 282 g/mol. The van der Waals surface area contributed by atoms with Gasteiger partial charge in [-0.15, -0.1) is 11.3 Å². The third-order valence-electron chi connectivity index (χ3n) is 2.78. The molecule has 0 spiro atoms. The molecule has 0 aromatic carbocycles. The van der Waals surface area contributed by atoms with Crippen LogP contribution in [0.4, 0.5) is 0 Å². The van der Waals surface area contributed by atoms with Gasteiger partial charge in [-0.05, 0) is 19.1 Å². The number of aromatic nitrogens is 2. The first kappa shape index (κ1) is 14.2. The van der Waals surface area contributed by atoms with E-state index < -0.39 is 10.0 Å². The van der Waals surface area contributed by atoms with Gasteiger partial charge in [0, 0.05) is 36.8 Å². The summed E-state index contributed by atoms with van der Waals surface area (Å²) in [5, 5.41) is 4.06. The van der Waals surface area contributed by atoms with E-state index in [0.29, 0.717) is 17.3 Å². The summed E-state index contributed by atoms with van der Waals surface area (Å²) in [4.78, 5) is 0.996. The molecule has 104 valence electrons. The lowest BCUT2D eigenvalue weighted by Gasteiger charge is -2.18. The second-order valence-corrected chi connectivity index (χ2v) is 7.77. The molecule has 0 bridgehead atoms. The second-order valence-electron chi connectivity index (χ2n) is 4.32. The first-order valence-corrected chi connectivity index (χ1v) is 8.23. The van der Waals surface area contributed by atoms with E-state index in [-0.39, 0.29) is 0 Å². The van der Waals surface area contributed by atoms with Gasteiger partial charge in [0.2, 0.25) is 0 Å². The van der Waals surface area contributed by atoms with Gasteiger partial charge in [0.05, 0.1) is 6.20 Å².